The van der Waals surface area contributed by atoms with E-state index < -0.39 is 0 Å². The Bertz CT molecular complexity index is 1050. The molecule has 2 aromatic carbocycles. The summed E-state index contributed by atoms with van der Waals surface area (Å²) < 4.78 is 4.78. The highest BCUT2D eigenvalue weighted by molar-refractivity contribution is 5.99. The van der Waals surface area contributed by atoms with Crippen LogP contribution < -0.4 is 15.5 Å². The first-order valence-corrected chi connectivity index (χ1v) is 10.4. The average molecular weight is 423 g/mol. The van der Waals surface area contributed by atoms with Crippen molar-refractivity contribution >= 4 is 23.2 Å². The number of rotatable bonds is 7. The number of aromatic nitrogens is 2. The SMILES string of the molecule is CC[C@@H](Nc1no[n+]([O-])c1Nc1cccc(C(=O)N2CCCC2)c1O)c1ccccc1. The first-order chi connectivity index (χ1) is 15.1. The Balaban J connectivity index is 1.58. The van der Waals surface area contributed by atoms with Crippen molar-refractivity contribution in [3.05, 3.63) is 64.9 Å². The molecule has 3 N–H and O–H groups in total. The van der Waals surface area contributed by atoms with E-state index in [1.54, 1.807) is 23.1 Å². The third kappa shape index (κ3) is 4.25. The second-order valence-corrected chi connectivity index (χ2v) is 7.47. The van der Waals surface area contributed by atoms with Crippen LogP contribution in [-0.4, -0.2) is 34.2 Å². The Morgan fingerprint density at radius 2 is 1.97 bits per heavy atom. The summed E-state index contributed by atoms with van der Waals surface area (Å²) in [7, 11) is 0. The monoisotopic (exact) mass is 423 g/mol. The molecule has 1 saturated heterocycles. The maximum Gasteiger partial charge on any atom is 0.324 e. The molecule has 1 fully saturated rings. The van der Waals surface area contributed by atoms with Gasteiger partial charge in [0.25, 0.3) is 11.7 Å². The van der Waals surface area contributed by atoms with Crippen LogP contribution in [-0.2, 0) is 0 Å². The van der Waals surface area contributed by atoms with Gasteiger partial charge in [0.15, 0.2) is 5.75 Å². The van der Waals surface area contributed by atoms with Crippen LogP contribution in [0.5, 0.6) is 5.75 Å². The summed E-state index contributed by atoms with van der Waals surface area (Å²) in [4.78, 5) is 14.7. The van der Waals surface area contributed by atoms with E-state index in [1.807, 2.05) is 37.3 Å². The minimum Gasteiger partial charge on any atom is -0.504 e. The number of nitrogens with zero attached hydrogens (tertiary/aromatic N) is 3. The number of carbonyl (C=O) groups is 1. The molecule has 9 nitrogen and oxygen atoms in total. The van der Waals surface area contributed by atoms with E-state index in [0.29, 0.717) is 13.1 Å². The first-order valence-electron chi connectivity index (χ1n) is 10.4. The van der Waals surface area contributed by atoms with E-state index in [-0.39, 0.29) is 45.5 Å². The topological polar surface area (TPSA) is 118 Å². The molecule has 31 heavy (non-hydrogen) atoms. The highest BCUT2D eigenvalue weighted by Gasteiger charge is 2.26. The highest BCUT2D eigenvalue weighted by atomic mass is 16.8. The van der Waals surface area contributed by atoms with Gasteiger partial charge in [-0.25, -0.2) is 0 Å². The fourth-order valence-corrected chi connectivity index (χ4v) is 3.75. The van der Waals surface area contributed by atoms with Crippen molar-refractivity contribution in [2.24, 2.45) is 0 Å². The normalized spacial score (nSPS) is 14.4. The largest absolute Gasteiger partial charge is 0.504 e. The van der Waals surface area contributed by atoms with Crippen LogP contribution in [0, 0.1) is 5.21 Å². The number of benzene rings is 2. The molecule has 3 aromatic rings. The second kappa shape index (κ2) is 8.95. The molecule has 4 rings (SSSR count). The molecule has 0 spiro atoms. The molecule has 0 aliphatic carbocycles. The van der Waals surface area contributed by atoms with Gasteiger partial charge in [0.2, 0.25) is 0 Å². The molecule has 1 aromatic heterocycles. The molecule has 2 heterocycles. The molecule has 162 valence electrons. The van der Waals surface area contributed by atoms with Gasteiger partial charge in [0, 0.05) is 13.1 Å². The van der Waals surface area contributed by atoms with Crippen LogP contribution >= 0.6 is 0 Å². The number of carbonyl (C=O) groups excluding carboxylic acids is 1. The summed E-state index contributed by atoms with van der Waals surface area (Å²) in [5.74, 6) is -0.245. The zero-order valence-corrected chi connectivity index (χ0v) is 17.2. The summed E-state index contributed by atoms with van der Waals surface area (Å²) in [6.45, 7) is 3.37. The van der Waals surface area contributed by atoms with Crippen LogP contribution in [0.2, 0.25) is 0 Å². The van der Waals surface area contributed by atoms with Crippen molar-refractivity contribution in [3.8, 4) is 5.75 Å². The van der Waals surface area contributed by atoms with Crippen molar-refractivity contribution in [2.45, 2.75) is 32.2 Å². The molecule has 1 atom stereocenters. The summed E-state index contributed by atoms with van der Waals surface area (Å²) in [5.41, 5.74) is 1.44. The minimum absolute atomic E-state index is 0.00421. The number of phenols is 1. The number of likely N-dealkylation sites (tertiary alicyclic amines) is 1. The van der Waals surface area contributed by atoms with Gasteiger partial charge in [-0.1, -0.05) is 48.2 Å². The summed E-state index contributed by atoms with van der Waals surface area (Å²) in [5, 5.41) is 32.8. The summed E-state index contributed by atoms with van der Waals surface area (Å²) in [6, 6.07) is 14.5. The van der Waals surface area contributed by atoms with E-state index in [9.17, 15) is 15.1 Å². The van der Waals surface area contributed by atoms with Gasteiger partial charge in [-0.15, -0.1) is 0 Å². The van der Waals surface area contributed by atoms with Crippen molar-refractivity contribution in [2.75, 3.05) is 23.7 Å². The standard InChI is InChI=1S/C22H25N5O4/c1-2-17(15-9-4-3-5-10-15)23-20-21(27(30)31-25-20)24-18-12-8-11-16(19(18)28)22(29)26-13-6-7-14-26/h3-5,8-12,17,24,28H,2,6-7,13-14H2,1H3,(H,23,25)/t17-/m1/s1. The van der Waals surface area contributed by atoms with Crippen molar-refractivity contribution in [1.82, 2.24) is 10.1 Å². The van der Waals surface area contributed by atoms with Crippen molar-refractivity contribution < 1.29 is 19.4 Å². The number of aromatic hydroxyl groups is 1. The zero-order valence-electron chi connectivity index (χ0n) is 17.2. The van der Waals surface area contributed by atoms with Gasteiger partial charge >= 0.3 is 5.82 Å². The number of phenolic OH excluding ortho intramolecular Hbond substituents is 1. The number of hydrogen-bond acceptors (Lipinski definition) is 7. The number of anilines is 3. The Labute approximate surface area is 179 Å². The molecule has 1 aliphatic rings. The summed E-state index contributed by atoms with van der Waals surface area (Å²) in [6.07, 6.45) is 2.66. The molecular formula is C22H25N5O4. The molecule has 9 heteroatoms. The molecular weight excluding hydrogens is 398 g/mol. The molecule has 1 amide bonds. The quantitative estimate of drug-likeness (QED) is 0.393. The molecule has 0 saturated carbocycles. The Morgan fingerprint density at radius 3 is 2.68 bits per heavy atom. The summed E-state index contributed by atoms with van der Waals surface area (Å²) >= 11 is 0. The number of amides is 1. The van der Waals surface area contributed by atoms with Gasteiger partial charge in [-0.2, -0.15) is 0 Å². The lowest BCUT2D eigenvalue weighted by molar-refractivity contribution is -0.790. The maximum atomic E-state index is 12.7. The van der Waals surface area contributed by atoms with Crippen molar-refractivity contribution in [1.29, 1.82) is 0 Å². The van der Waals surface area contributed by atoms with Gasteiger partial charge in [-0.3, -0.25) is 10.1 Å². The van der Waals surface area contributed by atoms with Crippen LogP contribution in [0.4, 0.5) is 17.3 Å². The van der Waals surface area contributed by atoms with Gasteiger partial charge < -0.3 is 25.2 Å². The third-order valence-electron chi connectivity index (χ3n) is 5.45. The number of nitrogens with one attached hydrogen (secondary N) is 2. The average Bonchev–Trinajstić information content (AvgIpc) is 3.45. The lowest BCUT2D eigenvalue weighted by Gasteiger charge is -2.17. The van der Waals surface area contributed by atoms with Crippen LogP contribution in [0.3, 0.4) is 0 Å². The van der Waals surface area contributed by atoms with Gasteiger partial charge in [0.1, 0.15) is 5.69 Å². The van der Waals surface area contributed by atoms with Gasteiger partial charge in [-0.05, 0) is 42.1 Å². The van der Waals surface area contributed by atoms with Crippen LogP contribution in [0.15, 0.2) is 53.2 Å². The minimum atomic E-state index is -0.229. The Hall–Kier alpha value is -3.75. The maximum absolute atomic E-state index is 12.7. The predicted molar refractivity (Wildman–Crippen MR) is 115 cm³/mol. The predicted octanol–water partition coefficient (Wildman–Crippen LogP) is 3.56. The molecule has 1 aliphatic heterocycles. The fourth-order valence-electron chi connectivity index (χ4n) is 3.75. The lowest BCUT2D eigenvalue weighted by atomic mass is 10.0. The van der Waals surface area contributed by atoms with Crippen LogP contribution in [0.25, 0.3) is 0 Å². The number of para-hydroxylation sites is 1. The van der Waals surface area contributed by atoms with E-state index >= 15 is 0 Å². The molecule has 0 bridgehead atoms. The first kappa shape index (κ1) is 20.5. The zero-order chi connectivity index (χ0) is 21.8. The lowest BCUT2D eigenvalue weighted by Crippen LogP contribution is -2.28. The van der Waals surface area contributed by atoms with Crippen LogP contribution in [0.1, 0.15) is 48.1 Å². The van der Waals surface area contributed by atoms with Crippen molar-refractivity contribution in [3.63, 3.8) is 0 Å². The fraction of sp³-hybridized carbons (Fsp3) is 0.318. The van der Waals surface area contributed by atoms with E-state index in [0.717, 1.165) is 24.8 Å². The smallest absolute Gasteiger partial charge is 0.324 e. The van der Waals surface area contributed by atoms with Gasteiger partial charge in [0.05, 0.1) is 11.6 Å². The number of hydrogen-bond donors (Lipinski definition) is 3. The Morgan fingerprint density at radius 1 is 1.23 bits per heavy atom. The van der Waals surface area contributed by atoms with E-state index in [1.165, 1.54) is 0 Å². The molecule has 0 radical (unpaired) electrons. The highest BCUT2D eigenvalue weighted by Crippen LogP contribution is 2.33. The molecule has 0 unspecified atom stereocenters. The van der Waals surface area contributed by atoms with E-state index in [4.69, 9.17) is 4.63 Å². The second-order valence-electron chi connectivity index (χ2n) is 7.47. The Kier molecular flexibility index (Phi) is 5.92. The van der Waals surface area contributed by atoms with E-state index in [2.05, 4.69) is 15.8 Å². The third-order valence-corrected chi connectivity index (χ3v) is 5.45.